The molecule has 0 bridgehead atoms. The second kappa shape index (κ2) is 6.89. The summed E-state index contributed by atoms with van der Waals surface area (Å²) in [5.74, 6) is -2.96. The molecule has 0 aliphatic rings. The molecule has 0 spiro atoms. The van der Waals surface area contributed by atoms with E-state index in [-0.39, 0.29) is 6.54 Å². The van der Waals surface area contributed by atoms with Crippen LogP contribution in [0.1, 0.15) is 22.8 Å². The number of halogens is 2. The molecule has 2 N–H and O–H groups in total. The van der Waals surface area contributed by atoms with Gasteiger partial charge >= 0.3 is 0 Å². The van der Waals surface area contributed by atoms with E-state index in [1.54, 1.807) is 24.3 Å². The summed E-state index contributed by atoms with van der Waals surface area (Å²) in [6.07, 6.45) is 0. The topological polar surface area (TPSA) is 58.6 Å². The Morgan fingerprint density at radius 3 is 2.73 bits per heavy atom. The predicted octanol–water partition coefficient (Wildman–Crippen LogP) is 3.00. The molecule has 0 unspecified atom stereocenters. The van der Waals surface area contributed by atoms with Crippen LogP contribution in [-0.2, 0) is 6.54 Å². The van der Waals surface area contributed by atoms with Crippen molar-refractivity contribution in [1.82, 2.24) is 5.32 Å². The van der Waals surface area contributed by atoms with Gasteiger partial charge in [-0.1, -0.05) is 12.1 Å². The van der Waals surface area contributed by atoms with Gasteiger partial charge in [-0.05, 0) is 24.6 Å². The molecule has 116 valence electrons. The lowest BCUT2D eigenvalue weighted by molar-refractivity contribution is 0.0943. The molecule has 0 radical (unpaired) electrons. The molecule has 0 atom stereocenters. The first-order valence-electron chi connectivity index (χ1n) is 6.69. The number of carbonyl (C=O) groups excluding carboxylic acids is 1. The van der Waals surface area contributed by atoms with Crippen LogP contribution in [0.25, 0.3) is 0 Å². The monoisotopic (exact) mass is 307 g/mol. The molecular weight excluding hydrogens is 292 g/mol. The third-order valence-electron chi connectivity index (χ3n) is 2.92. The number of benzene rings is 2. The average molecular weight is 307 g/mol. The Hall–Kier alpha value is -2.63. The molecule has 4 nitrogen and oxygen atoms in total. The predicted molar refractivity (Wildman–Crippen MR) is 76.8 cm³/mol. The van der Waals surface area contributed by atoms with Crippen molar-refractivity contribution in [3.05, 3.63) is 59.2 Å². The maximum atomic E-state index is 13.6. The van der Waals surface area contributed by atoms with Gasteiger partial charge in [-0.3, -0.25) is 4.79 Å². The fraction of sp³-hybridized carbons (Fsp3) is 0.188. The highest BCUT2D eigenvalue weighted by Gasteiger charge is 2.18. The summed E-state index contributed by atoms with van der Waals surface area (Å²) in [5, 5.41) is 12.0. The Balaban J connectivity index is 2.09. The van der Waals surface area contributed by atoms with E-state index >= 15 is 0 Å². The van der Waals surface area contributed by atoms with Crippen molar-refractivity contribution < 1.29 is 23.4 Å². The molecule has 0 saturated carbocycles. The normalized spacial score (nSPS) is 10.3. The zero-order valence-electron chi connectivity index (χ0n) is 11.9. The lowest BCUT2D eigenvalue weighted by Gasteiger charge is -2.09. The van der Waals surface area contributed by atoms with Crippen molar-refractivity contribution in [3.8, 4) is 11.5 Å². The smallest absolute Gasteiger partial charge is 0.258 e. The summed E-state index contributed by atoms with van der Waals surface area (Å²) in [6.45, 7) is 2.50. The largest absolute Gasteiger partial charge is 0.507 e. The highest BCUT2D eigenvalue weighted by atomic mass is 19.1. The maximum Gasteiger partial charge on any atom is 0.258 e. The van der Waals surface area contributed by atoms with Crippen LogP contribution in [0.15, 0.2) is 36.4 Å². The van der Waals surface area contributed by atoms with Crippen LogP contribution in [0.2, 0.25) is 0 Å². The van der Waals surface area contributed by atoms with Crippen LogP contribution in [-0.4, -0.2) is 17.6 Å². The molecule has 1 amide bonds. The van der Waals surface area contributed by atoms with E-state index < -0.39 is 28.9 Å². The van der Waals surface area contributed by atoms with E-state index in [9.17, 15) is 18.7 Å². The van der Waals surface area contributed by atoms with Gasteiger partial charge in [0.05, 0.1) is 6.61 Å². The van der Waals surface area contributed by atoms with Crippen molar-refractivity contribution in [2.24, 2.45) is 0 Å². The second-order valence-electron chi connectivity index (χ2n) is 4.54. The van der Waals surface area contributed by atoms with Gasteiger partial charge in [0.15, 0.2) is 0 Å². The highest BCUT2D eigenvalue weighted by Crippen LogP contribution is 2.22. The van der Waals surface area contributed by atoms with Crippen molar-refractivity contribution in [3.63, 3.8) is 0 Å². The van der Waals surface area contributed by atoms with Gasteiger partial charge in [0.25, 0.3) is 5.91 Å². The summed E-state index contributed by atoms with van der Waals surface area (Å²) in [4.78, 5) is 11.9. The van der Waals surface area contributed by atoms with Gasteiger partial charge in [0.1, 0.15) is 28.7 Å². The van der Waals surface area contributed by atoms with E-state index in [0.717, 1.165) is 5.56 Å². The van der Waals surface area contributed by atoms with Crippen LogP contribution in [0.4, 0.5) is 8.78 Å². The first-order chi connectivity index (χ1) is 10.5. The van der Waals surface area contributed by atoms with Crippen molar-refractivity contribution >= 4 is 5.91 Å². The van der Waals surface area contributed by atoms with E-state index in [4.69, 9.17) is 4.74 Å². The Labute approximate surface area is 126 Å². The van der Waals surface area contributed by atoms with Crippen molar-refractivity contribution in [2.45, 2.75) is 13.5 Å². The Bertz CT molecular complexity index is 666. The standard InChI is InChI=1S/C16H15F2NO3/c1-2-22-12-5-3-4-10(6-12)9-19-16(21)15-13(18)7-11(17)8-14(15)20/h3-8,20H,2,9H2,1H3,(H,19,21). The second-order valence-corrected chi connectivity index (χ2v) is 4.54. The zero-order chi connectivity index (χ0) is 16.1. The van der Waals surface area contributed by atoms with Gasteiger partial charge in [0, 0.05) is 18.7 Å². The van der Waals surface area contributed by atoms with Crippen LogP contribution < -0.4 is 10.1 Å². The van der Waals surface area contributed by atoms with Crippen LogP contribution >= 0.6 is 0 Å². The number of nitrogens with one attached hydrogen (secondary N) is 1. The van der Waals surface area contributed by atoms with Crippen LogP contribution in [0.3, 0.4) is 0 Å². The Morgan fingerprint density at radius 1 is 1.27 bits per heavy atom. The van der Waals surface area contributed by atoms with Gasteiger partial charge in [-0.25, -0.2) is 8.78 Å². The van der Waals surface area contributed by atoms with E-state index in [1.165, 1.54) is 0 Å². The number of phenolic OH excluding ortho intramolecular Hbond substituents is 1. The number of hydrogen-bond donors (Lipinski definition) is 2. The molecule has 0 aliphatic carbocycles. The minimum atomic E-state index is -1.11. The first-order valence-corrected chi connectivity index (χ1v) is 6.69. The number of amides is 1. The van der Waals surface area contributed by atoms with Gasteiger partial charge < -0.3 is 15.2 Å². The number of phenols is 1. The maximum absolute atomic E-state index is 13.6. The summed E-state index contributed by atoms with van der Waals surface area (Å²) in [6, 6.07) is 8.29. The number of hydrogen-bond acceptors (Lipinski definition) is 3. The lowest BCUT2D eigenvalue weighted by atomic mass is 10.1. The Kier molecular flexibility index (Phi) is 4.93. The molecule has 2 aromatic rings. The molecule has 2 aromatic carbocycles. The number of carbonyl (C=O) groups is 1. The van der Waals surface area contributed by atoms with E-state index in [1.807, 2.05) is 6.92 Å². The van der Waals surface area contributed by atoms with E-state index in [0.29, 0.717) is 24.5 Å². The molecule has 0 saturated heterocycles. The van der Waals surface area contributed by atoms with E-state index in [2.05, 4.69) is 5.32 Å². The van der Waals surface area contributed by atoms with Crippen molar-refractivity contribution in [2.75, 3.05) is 6.61 Å². The molecule has 2 rings (SSSR count). The summed E-state index contributed by atoms with van der Waals surface area (Å²) in [7, 11) is 0. The third kappa shape index (κ3) is 3.72. The van der Waals surface area contributed by atoms with Crippen molar-refractivity contribution in [1.29, 1.82) is 0 Å². The number of ether oxygens (including phenoxy) is 1. The third-order valence-corrected chi connectivity index (χ3v) is 2.92. The average Bonchev–Trinajstić information content (AvgIpc) is 2.45. The lowest BCUT2D eigenvalue weighted by Crippen LogP contribution is -2.24. The summed E-state index contributed by atoms with van der Waals surface area (Å²) in [5.41, 5.74) is 0.170. The quantitative estimate of drug-likeness (QED) is 0.893. The molecular formula is C16H15F2NO3. The fourth-order valence-electron chi connectivity index (χ4n) is 1.97. The minimum Gasteiger partial charge on any atom is -0.507 e. The highest BCUT2D eigenvalue weighted by molar-refractivity contribution is 5.97. The Morgan fingerprint density at radius 2 is 2.05 bits per heavy atom. The summed E-state index contributed by atoms with van der Waals surface area (Å²) >= 11 is 0. The van der Waals surface area contributed by atoms with Gasteiger partial charge in [0.2, 0.25) is 0 Å². The molecule has 0 fully saturated rings. The van der Waals surface area contributed by atoms with Crippen LogP contribution in [0, 0.1) is 11.6 Å². The minimum absolute atomic E-state index is 0.121. The van der Waals surface area contributed by atoms with Crippen LogP contribution in [0.5, 0.6) is 11.5 Å². The molecule has 0 heterocycles. The van der Waals surface area contributed by atoms with Gasteiger partial charge in [-0.2, -0.15) is 0 Å². The number of aromatic hydroxyl groups is 1. The zero-order valence-corrected chi connectivity index (χ0v) is 11.9. The molecule has 22 heavy (non-hydrogen) atoms. The first kappa shape index (κ1) is 15.8. The molecule has 6 heteroatoms. The fourth-order valence-corrected chi connectivity index (χ4v) is 1.97. The number of rotatable bonds is 5. The molecule has 0 aromatic heterocycles. The SMILES string of the molecule is CCOc1cccc(CNC(=O)c2c(O)cc(F)cc2F)c1. The summed E-state index contributed by atoms with van der Waals surface area (Å²) < 4.78 is 31.8. The molecule has 0 aliphatic heterocycles. The van der Waals surface area contributed by atoms with Gasteiger partial charge in [-0.15, -0.1) is 0 Å².